The zero-order valence-electron chi connectivity index (χ0n) is 13.7. The number of benzene rings is 1. The van der Waals surface area contributed by atoms with Crippen LogP contribution in [-0.2, 0) is 0 Å². The summed E-state index contributed by atoms with van der Waals surface area (Å²) in [4.78, 5) is 22.8. The Labute approximate surface area is 144 Å². The molecule has 3 aromatic rings. The van der Waals surface area contributed by atoms with Crippen molar-refractivity contribution in [1.82, 2.24) is 19.7 Å². The van der Waals surface area contributed by atoms with Crippen molar-refractivity contribution in [3.05, 3.63) is 65.1 Å². The Kier molecular flexibility index (Phi) is 3.89. The highest BCUT2D eigenvalue weighted by molar-refractivity contribution is 5.57. The van der Waals surface area contributed by atoms with Gasteiger partial charge >= 0.3 is 0 Å². The molecule has 2 aromatic heterocycles. The predicted octanol–water partition coefficient (Wildman–Crippen LogP) is 1.77. The molecule has 7 heteroatoms. The molecule has 0 saturated carbocycles. The molecule has 0 radical (unpaired) electrons. The monoisotopic (exact) mass is 335 g/mol. The lowest BCUT2D eigenvalue weighted by Gasteiger charge is -2.39. The largest absolute Gasteiger partial charge is 0.481 e. The molecule has 3 heterocycles. The van der Waals surface area contributed by atoms with Crippen LogP contribution in [0.1, 0.15) is 6.04 Å². The molecule has 0 unspecified atom stereocenters. The van der Waals surface area contributed by atoms with Crippen molar-refractivity contribution in [1.29, 1.82) is 0 Å². The molecular formula is C18H17N5O2. The van der Waals surface area contributed by atoms with Gasteiger partial charge in [0.1, 0.15) is 0 Å². The quantitative estimate of drug-likeness (QED) is 0.723. The van der Waals surface area contributed by atoms with E-state index < -0.39 is 0 Å². The van der Waals surface area contributed by atoms with Crippen LogP contribution >= 0.6 is 0 Å². The molecule has 0 bridgehead atoms. The van der Waals surface area contributed by atoms with Crippen LogP contribution in [0.3, 0.4) is 0 Å². The van der Waals surface area contributed by atoms with E-state index in [0.717, 1.165) is 11.3 Å². The molecule has 1 aromatic carbocycles. The molecule has 0 amide bonds. The lowest BCUT2D eigenvalue weighted by atomic mass is 10.1. The van der Waals surface area contributed by atoms with E-state index in [1.54, 1.807) is 36.2 Å². The van der Waals surface area contributed by atoms with Crippen LogP contribution in [0.25, 0.3) is 11.3 Å². The standard InChI is InChI=1S/C18H17N5O2/c1-25-16-9-10-19-18(20-16)22-11-14(12-22)23-17(24)8-7-15(21-23)13-5-3-2-4-6-13/h2-10,14H,11-12H2,1H3. The first-order valence-corrected chi connectivity index (χ1v) is 8.02. The fourth-order valence-corrected chi connectivity index (χ4v) is 2.82. The Morgan fingerprint density at radius 2 is 1.88 bits per heavy atom. The van der Waals surface area contributed by atoms with Crippen molar-refractivity contribution in [3.63, 3.8) is 0 Å². The minimum Gasteiger partial charge on any atom is -0.481 e. The Morgan fingerprint density at radius 3 is 2.64 bits per heavy atom. The van der Waals surface area contributed by atoms with Gasteiger partial charge in [0.05, 0.1) is 18.8 Å². The molecular weight excluding hydrogens is 318 g/mol. The van der Waals surface area contributed by atoms with E-state index in [-0.39, 0.29) is 11.6 Å². The van der Waals surface area contributed by atoms with Crippen LogP contribution in [-0.4, -0.2) is 39.9 Å². The molecule has 0 aliphatic carbocycles. The Balaban J connectivity index is 1.55. The summed E-state index contributed by atoms with van der Waals surface area (Å²) in [6.45, 7) is 1.27. The minimum absolute atomic E-state index is 0.00552. The third-order valence-electron chi connectivity index (χ3n) is 4.21. The molecule has 0 atom stereocenters. The summed E-state index contributed by atoms with van der Waals surface area (Å²) in [5.41, 5.74) is 1.68. The summed E-state index contributed by atoms with van der Waals surface area (Å²) in [7, 11) is 1.57. The number of aromatic nitrogens is 4. The number of rotatable bonds is 4. The highest BCUT2D eigenvalue weighted by Crippen LogP contribution is 2.25. The zero-order chi connectivity index (χ0) is 17.2. The summed E-state index contributed by atoms with van der Waals surface area (Å²) in [6.07, 6.45) is 1.66. The van der Waals surface area contributed by atoms with Crippen molar-refractivity contribution >= 4 is 5.95 Å². The molecule has 1 aliphatic heterocycles. The SMILES string of the molecule is COc1ccnc(N2CC(n3nc(-c4ccccc4)ccc3=O)C2)n1. The number of methoxy groups -OCH3 is 1. The molecule has 4 rings (SSSR count). The molecule has 7 nitrogen and oxygen atoms in total. The van der Waals surface area contributed by atoms with Crippen molar-refractivity contribution < 1.29 is 4.74 Å². The molecule has 126 valence electrons. The summed E-state index contributed by atoms with van der Waals surface area (Å²) in [5.74, 6) is 1.12. The van der Waals surface area contributed by atoms with E-state index in [4.69, 9.17) is 4.74 Å². The third kappa shape index (κ3) is 2.96. The van der Waals surface area contributed by atoms with Crippen molar-refractivity contribution in [2.45, 2.75) is 6.04 Å². The molecule has 25 heavy (non-hydrogen) atoms. The molecule has 0 spiro atoms. The van der Waals surface area contributed by atoms with E-state index >= 15 is 0 Å². The molecule has 1 fully saturated rings. The van der Waals surface area contributed by atoms with Crippen LogP contribution in [0.15, 0.2) is 59.5 Å². The second-order valence-corrected chi connectivity index (χ2v) is 5.83. The van der Waals surface area contributed by atoms with Crippen LogP contribution in [0, 0.1) is 0 Å². The lowest BCUT2D eigenvalue weighted by molar-refractivity contribution is 0.347. The van der Waals surface area contributed by atoms with E-state index in [9.17, 15) is 4.79 Å². The first-order valence-electron chi connectivity index (χ1n) is 8.02. The number of hydrogen-bond donors (Lipinski definition) is 0. The first-order chi connectivity index (χ1) is 12.2. The average molecular weight is 335 g/mol. The minimum atomic E-state index is -0.101. The number of hydrogen-bond acceptors (Lipinski definition) is 6. The zero-order valence-corrected chi connectivity index (χ0v) is 13.7. The average Bonchev–Trinajstić information content (AvgIpc) is 2.63. The Hall–Kier alpha value is -3.22. The van der Waals surface area contributed by atoms with Gasteiger partial charge in [0, 0.05) is 37.0 Å². The van der Waals surface area contributed by atoms with Crippen LogP contribution in [0.2, 0.25) is 0 Å². The molecule has 1 saturated heterocycles. The van der Waals surface area contributed by atoms with E-state index in [1.165, 1.54) is 0 Å². The maximum atomic E-state index is 12.2. The van der Waals surface area contributed by atoms with Gasteiger partial charge in [-0.1, -0.05) is 30.3 Å². The Bertz CT molecular complexity index is 935. The van der Waals surface area contributed by atoms with E-state index in [0.29, 0.717) is 24.9 Å². The number of anilines is 1. The van der Waals surface area contributed by atoms with Crippen molar-refractivity contribution in [2.75, 3.05) is 25.1 Å². The molecule has 1 aliphatic rings. The predicted molar refractivity (Wildman–Crippen MR) is 93.8 cm³/mol. The lowest BCUT2D eigenvalue weighted by Crippen LogP contribution is -2.51. The van der Waals surface area contributed by atoms with Crippen molar-refractivity contribution in [3.8, 4) is 17.1 Å². The number of ether oxygens (including phenoxy) is 1. The Morgan fingerprint density at radius 1 is 1.08 bits per heavy atom. The van der Waals surface area contributed by atoms with Gasteiger partial charge in [-0.2, -0.15) is 10.1 Å². The normalized spacial score (nSPS) is 14.2. The fraction of sp³-hybridized carbons (Fsp3) is 0.222. The second kappa shape index (κ2) is 6.35. The van der Waals surface area contributed by atoms with Gasteiger partial charge in [-0.3, -0.25) is 4.79 Å². The summed E-state index contributed by atoms with van der Waals surface area (Å²) in [5, 5.41) is 4.54. The van der Waals surface area contributed by atoms with Gasteiger partial charge in [0.2, 0.25) is 11.8 Å². The van der Waals surface area contributed by atoms with Gasteiger partial charge in [-0.25, -0.2) is 9.67 Å². The number of nitrogens with zero attached hydrogens (tertiary/aromatic N) is 5. The first kappa shape index (κ1) is 15.3. The van der Waals surface area contributed by atoms with Crippen LogP contribution < -0.4 is 15.2 Å². The fourth-order valence-electron chi connectivity index (χ4n) is 2.82. The third-order valence-corrected chi connectivity index (χ3v) is 4.21. The van der Waals surface area contributed by atoms with Gasteiger partial charge < -0.3 is 9.64 Å². The van der Waals surface area contributed by atoms with Gasteiger partial charge in [0.15, 0.2) is 0 Å². The highest BCUT2D eigenvalue weighted by Gasteiger charge is 2.32. The van der Waals surface area contributed by atoms with Crippen molar-refractivity contribution in [2.24, 2.45) is 0 Å². The maximum Gasteiger partial charge on any atom is 0.267 e. The summed E-state index contributed by atoms with van der Waals surface area (Å²) < 4.78 is 6.68. The summed E-state index contributed by atoms with van der Waals surface area (Å²) in [6, 6.07) is 14.9. The van der Waals surface area contributed by atoms with E-state index in [1.807, 2.05) is 35.2 Å². The second-order valence-electron chi connectivity index (χ2n) is 5.83. The highest BCUT2D eigenvalue weighted by atomic mass is 16.5. The van der Waals surface area contributed by atoms with E-state index in [2.05, 4.69) is 15.1 Å². The summed E-state index contributed by atoms with van der Waals surface area (Å²) >= 11 is 0. The smallest absolute Gasteiger partial charge is 0.267 e. The van der Waals surface area contributed by atoms with Gasteiger partial charge in [0.25, 0.3) is 5.56 Å². The van der Waals surface area contributed by atoms with Crippen LogP contribution in [0.4, 0.5) is 5.95 Å². The topological polar surface area (TPSA) is 73.1 Å². The van der Waals surface area contributed by atoms with Gasteiger partial charge in [-0.15, -0.1) is 0 Å². The van der Waals surface area contributed by atoms with Crippen LogP contribution in [0.5, 0.6) is 5.88 Å². The van der Waals surface area contributed by atoms with Gasteiger partial charge in [-0.05, 0) is 6.07 Å². The molecule has 0 N–H and O–H groups in total. The maximum absolute atomic E-state index is 12.2.